The molecule has 1 N–H and O–H groups in total. The number of likely N-dealkylation sites (N-methyl/N-ethyl adjacent to an activating group) is 1. The second-order valence-corrected chi connectivity index (χ2v) is 4.51. The van der Waals surface area contributed by atoms with Crippen molar-refractivity contribution in [2.24, 2.45) is 0 Å². The first-order valence-corrected chi connectivity index (χ1v) is 6.25. The lowest BCUT2D eigenvalue weighted by atomic mass is 9.99. The zero-order valence-electron chi connectivity index (χ0n) is 10.1. The average molecular weight is 219 g/mol. The summed E-state index contributed by atoms with van der Waals surface area (Å²) in [5.74, 6) is 0. The summed E-state index contributed by atoms with van der Waals surface area (Å²) < 4.78 is 5.97. The molecule has 3 unspecified atom stereocenters. The van der Waals surface area contributed by atoms with E-state index >= 15 is 0 Å². The van der Waals surface area contributed by atoms with Crippen molar-refractivity contribution >= 4 is 0 Å². The van der Waals surface area contributed by atoms with Crippen molar-refractivity contribution in [3.8, 4) is 0 Å². The van der Waals surface area contributed by atoms with E-state index in [0.717, 1.165) is 13.0 Å². The number of benzene rings is 1. The number of rotatable bonds is 4. The summed E-state index contributed by atoms with van der Waals surface area (Å²) >= 11 is 0. The lowest BCUT2D eigenvalue weighted by Gasteiger charge is -2.24. The predicted octanol–water partition coefficient (Wildman–Crippen LogP) is 2.90. The molecule has 1 heterocycles. The van der Waals surface area contributed by atoms with Crippen LogP contribution in [0.5, 0.6) is 0 Å². The predicted molar refractivity (Wildman–Crippen MR) is 66.4 cm³/mol. The molecule has 0 saturated carbocycles. The second kappa shape index (κ2) is 5.46. The van der Waals surface area contributed by atoms with E-state index in [1.165, 1.54) is 12.0 Å². The molecule has 1 aromatic carbocycles. The van der Waals surface area contributed by atoms with Gasteiger partial charge < -0.3 is 10.1 Å². The fourth-order valence-electron chi connectivity index (χ4n) is 2.42. The van der Waals surface area contributed by atoms with Gasteiger partial charge in [-0.25, -0.2) is 0 Å². The van der Waals surface area contributed by atoms with Crippen LogP contribution in [0.4, 0.5) is 0 Å². The molecule has 16 heavy (non-hydrogen) atoms. The van der Waals surface area contributed by atoms with E-state index < -0.39 is 0 Å². The first kappa shape index (κ1) is 11.6. The molecular weight excluding hydrogens is 198 g/mol. The fourth-order valence-corrected chi connectivity index (χ4v) is 2.42. The molecular formula is C14H21NO. The van der Waals surface area contributed by atoms with E-state index in [4.69, 9.17) is 4.74 Å². The van der Waals surface area contributed by atoms with Crippen LogP contribution in [0.1, 0.15) is 38.3 Å². The highest BCUT2D eigenvalue weighted by Crippen LogP contribution is 2.29. The maximum Gasteiger partial charge on any atom is 0.0774 e. The van der Waals surface area contributed by atoms with Crippen LogP contribution in [-0.4, -0.2) is 18.8 Å². The normalized spacial score (nSPS) is 26.9. The smallest absolute Gasteiger partial charge is 0.0774 e. The molecule has 1 saturated heterocycles. The highest BCUT2D eigenvalue weighted by Gasteiger charge is 2.29. The third-order valence-corrected chi connectivity index (χ3v) is 3.22. The van der Waals surface area contributed by atoms with Gasteiger partial charge in [0.05, 0.1) is 18.2 Å². The Morgan fingerprint density at radius 1 is 1.31 bits per heavy atom. The molecule has 0 aliphatic carbocycles. The summed E-state index contributed by atoms with van der Waals surface area (Å²) in [5.41, 5.74) is 1.34. The van der Waals surface area contributed by atoms with Crippen molar-refractivity contribution < 1.29 is 4.74 Å². The monoisotopic (exact) mass is 219 g/mol. The average Bonchev–Trinajstić information content (AvgIpc) is 2.74. The van der Waals surface area contributed by atoms with Crippen LogP contribution >= 0.6 is 0 Å². The van der Waals surface area contributed by atoms with Crippen LogP contribution in [0.15, 0.2) is 30.3 Å². The molecule has 88 valence electrons. The van der Waals surface area contributed by atoms with Gasteiger partial charge in [0.1, 0.15) is 0 Å². The molecule has 1 aliphatic heterocycles. The standard InChI is InChI=1S/C14H21NO/c1-3-15-14(12-7-5-4-6-8-12)13-10-9-11(2)16-13/h4-8,11,13-15H,3,9-10H2,1-2H3. The van der Waals surface area contributed by atoms with Gasteiger partial charge in [-0.3, -0.25) is 0 Å². The summed E-state index contributed by atoms with van der Waals surface area (Å²) in [6, 6.07) is 11.0. The van der Waals surface area contributed by atoms with Gasteiger partial charge in [0, 0.05) is 0 Å². The Bertz CT molecular complexity index is 312. The lowest BCUT2D eigenvalue weighted by molar-refractivity contribution is 0.0319. The van der Waals surface area contributed by atoms with Gasteiger partial charge in [-0.1, -0.05) is 37.3 Å². The highest BCUT2D eigenvalue weighted by molar-refractivity contribution is 5.20. The van der Waals surface area contributed by atoms with Gasteiger partial charge in [0.15, 0.2) is 0 Å². The Balaban J connectivity index is 2.11. The largest absolute Gasteiger partial charge is 0.373 e. The minimum Gasteiger partial charge on any atom is -0.373 e. The van der Waals surface area contributed by atoms with Gasteiger partial charge in [-0.2, -0.15) is 0 Å². The molecule has 1 aliphatic rings. The minimum absolute atomic E-state index is 0.331. The van der Waals surface area contributed by atoms with Crippen LogP contribution in [0.25, 0.3) is 0 Å². The van der Waals surface area contributed by atoms with E-state index in [2.05, 4.69) is 49.5 Å². The first-order valence-electron chi connectivity index (χ1n) is 6.25. The zero-order chi connectivity index (χ0) is 11.4. The molecule has 3 atom stereocenters. The quantitative estimate of drug-likeness (QED) is 0.840. The van der Waals surface area contributed by atoms with E-state index in [1.54, 1.807) is 0 Å². The van der Waals surface area contributed by atoms with Crippen molar-refractivity contribution in [2.45, 2.75) is 44.9 Å². The zero-order valence-corrected chi connectivity index (χ0v) is 10.1. The molecule has 1 fully saturated rings. The third kappa shape index (κ3) is 2.63. The molecule has 0 bridgehead atoms. The van der Waals surface area contributed by atoms with Crippen molar-refractivity contribution in [1.82, 2.24) is 5.32 Å². The van der Waals surface area contributed by atoms with E-state index in [9.17, 15) is 0 Å². The van der Waals surface area contributed by atoms with Crippen LogP contribution in [0.3, 0.4) is 0 Å². The number of ether oxygens (including phenoxy) is 1. The third-order valence-electron chi connectivity index (χ3n) is 3.22. The summed E-state index contributed by atoms with van der Waals surface area (Å²) in [6.45, 7) is 5.29. The van der Waals surface area contributed by atoms with Crippen molar-refractivity contribution in [3.05, 3.63) is 35.9 Å². The molecule has 0 amide bonds. The summed E-state index contributed by atoms with van der Waals surface area (Å²) in [6.07, 6.45) is 3.08. The highest BCUT2D eigenvalue weighted by atomic mass is 16.5. The topological polar surface area (TPSA) is 21.3 Å². The van der Waals surface area contributed by atoms with Crippen LogP contribution in [0, 0.1) is 0 Å². The number of hydrogen-bond acceptors (Lipinski definition) is 2. The Hall–Kier alpha value is -0.860. The Morgan fingerprint density at radius 3 is 2.62 bits per heavy atom. The Kier molecular flexibility index (Phi) is 3.97. The van der Waals surface area contributed by atoms with E-state index in [-0.39, 0.29) is 0 Å². The van der Waals surface area contributed by atoms with Crippen molar-refractivity contribution in [3.63, 3.8) is 0 Å². The van der Waals surface area contributed by atoms with Gasteiger partial charge in [0.2, 0.25) is 0 Å². The fraction of sp³-hybridized carbons (Fsp3) is 0.571. The molecule has 0 radical (unpaired) electrons. The molecule has 0 spiro atoms. The SMILES string of the molecule is CCNC(c1ccccc1)C1CCC(C)O1. The lowest BCUT2D eigenvalue weighted by Crippen LogP contribution is -2.32. The maximum atomic E-state index is 5.97. The van der Waals surface area contributed by atoms with Gasteiger partial charge in [-0.15, -0.1) is 0 Å². The van der Waals surface area contributed by atoms with Crippen LogP contribution < -0.4 is 5.32 Å². The Morgan fingerprint density at radius 2 is 2.06 bits per heavy atom. The van der Waals surface area contributed by atoms with Crippen LogP contribution in [-0.2, 0) is 4.74 Å². The van der Waals surface area contributed by atoms with Gasteiger partial charge in [-0.05, 0) is 31.9 Å². The van der Waals surface area contributed by atoms with Crippen LogP contribution in [0.2, 0.25) is 0 Å². The summed E-state index contributed by atoms with van der Waals surface area (Å²) in [4.78, 5) is 0. The van der Waals surface area contributed by atoms with Gasteiger partial charge >= 0.3 is 0 Å². The minimum atomic E-state index is 0.331. The first-order chi connectivity index (χ1) is 7.81. The number of hydrogen-bond donors (Lipinski definition) is 1. The second-order valence-electron chi connectivity index (χ2n) is 4.51. The van der Waals surface area contributed by atoms with Gasteiger partial charge in [0.25, 0.3) is 0 Å². The molecule has 2 nitrogen and oxygen atoms in total. The van der Waals surface area contributed by atoms with Crippen molar-refractivity contribution in [2.75, 3.05) is 6.54 Å². The Labute approximate surface area is 98.0 Å². The molecule has 2 rings (SSSR count). The van der Waals surface area contributed by atoms with E-state index in [1.807, 2.05) is 0 Å². The van der Waals surface area contributed by atoms with E-state index in [0.29, 0.717) is 18.2 Å². The molecule has 1 aromatic rings. The summed E-state index contributed by atoms with van der Waals surface area (Å²) in [5, 5.41) is 3.54. The van der Waals surface area contributed by atoms with Crippen molar-refractivity contribution in [1.29, 1.82) is 0 Å². The summed E-state index contributed by atoms with van der Waals surface area (Å²) in [7, 11) is 0. The maximum absolute atomic E-state index is 5.97. The number of nitrogens with one attached hydrogen (secondary N) is 1. The molecule has 0 aromatic heterocycles. The molecule has 2 heteroatoms.